The Bertz CT molecular complexity index is 623. The third-order valence-corrected chi connectivity index (χ3v) is 4.95. The standard InChI is InChI=1S/C16H21NO5S/c1-16(2,3)22-15(20)17-7-10(8-17)21-11-6-12(9-4-5-9)23-13(11)14(18)19/h6,9-10H,4-5,7-8H2,1-3H3,(H,18,19). The van der Waals surface area contributed by atoms with Crippen LogP contribution in [0, 0.1) is 0 Å². The van der Waals surface area contributed by atoms with Gasteiger partial charge in [-0.25, -0.2) is 9.59 Å². The number of thiophene rings is 1. The third-order valence-electron chi connectivity index (χ3n) is 3.68. The number of hydrogen-bond donors (Lipinski definition) is 1. The van der Waals surface area contributed by atoms with Gasteiger partial charge >= 0.3 is 12.1 Å². The molecule has 1 aromatic rings. The van der Waals surface area contributed by atoms with E-state index in [4.69, 9.17) is 9.47 Å². The van der Waals surface area contributed by atoms with E-state index in [1.54, 1.807) is 4.90 Å². The molecule has 0 bridgehead atoms. The molecule has 1 aliphatic heterocycles. The zero-order valence-electron chi connectivity index (χ0n) is 13.5. The van der Waals surface area contributed by atoms with Crippen molar-refractivity contribution >= 4 is 23.4 Å². The van der Waals surface area contributed by atoms with Crippen molar-refractivity contribution in [3.8, 4) is 5.75 Å². The quantitative estimate of drug-likeness (QED) is 0.910. The number of rotatable bonds is 4. The Kier molecular flexibility index (Phi) is 4.00. The molecular weight excluding hydrogens is 318 g/mol. The maximum absolute atomic E-state index is 11.9. The SMILES string of the molecule is CC(C)(C)OC(=O)N1CC(Oc2cc(C3CC3)sc2C(=O)O)C1. The van der Waals surface area contributed by atoms with Gasteiger partial charge in [-0.3, -0.25) is 0 Å². The molecule has 0 spiro atoms. The molecular formula is C16H21NO5S. The van der Waals surface area contributed by atoms with Gasteiger partial charge in [0.25, 0.3) is 0 Å². The lowest BCUT2D eigenvalue weighted by atomic mass is 10.1. The molecule has 2 fully saturated rings. The van der Waals surface area contributed by atoms with Gasteiger partial charge in [0.15, 0.2) is 4.88 Å². The van der Waals surface area contributed by atoms with Crippen LogP contribution in [0.15, 0.2) is 6.07 Å². The van der Waals surface area contributed by atoms with Crippen LogP contribution in [0.4, 0.5) is 4.79 Å². The summed E-state index contributed by atoms with van der Waals surface area (Å²) < 4.78 is 11.1. The zero-order chi connectivity index (χ0) is 16.8. The highest BCUT2D eigenvalue weighted by Crippen LogP contribution is 2.46. The van der Waals surface area contributed by atoms with Crippen LogP contribution < -0.4 is 4.74 Å². The summed E-state index contributed by atoms with van der Waals surface area (Å²) in [6.45, 7) is 6.30. The van der Waals surface area contributed by atoms with E-state index < -0.39 is 11.6 Å². The smallest absolute Gasteiger partial charge is 0.410 e. The van der Waals surface area contributed by atoms with Crippen LogP contribution in [-0.2, 0) is 4.74 Å². The first-order chi connectivity index (χ1) is 10.7. The van der Waals surface area contributed by atoms with Crippen molar-refractivity contribution < 1.29 is 24.2 Å². The summed E-state index contributed by atoms with van der Waals surface area (Å²) in [4.78, 5) is 26.1. The van der Waals surface area contributed by atoms with Crippen LogP contribution in [0.2, 0.25) is 0 Å². The van der Waals surface area contributed by atoms with Crippen LogP contribution in [-0.4, -0.2) is 46.9 Å². The summed E-state index contributed by atoms with van der Waals surface area (Å²) in [5.74, 6) is -0.0337. The number of carbonyl (C=O) groups excluding carboxylic acids is 1. The van der Waals surface area contributed by atoms with E-state index in [-0.39, 0.29) is 17.1 Å². The third kappa shape index (κ3) is 3.77. The summed E-state index contributed by atoms with van der Waals surface area (Å²) in [5, 5.41) is 9.30. The van der Waals surface area contributed by atoms with E-state index in [2.05, 4.69) is 0 Å². The van der Waals surface area contributed by atoms with E-state index in [1.165, 1.54) is 11.3 Å². The number of ether oxygens (including phenoxy) is 2. The molecule has 1 aromatic heterocycles. The van der Waals surface area contributed by atoms with Gasteiger partial charge in [0.1, 0.15) is 17.5 Å². The van der Waals surface area contributed by atoms with Gasteiger partial charge in [-0.1, -0.05) is 0 Å². The molecule has 0 atom stereocenters. The van der Waals surface area contributed by atoms with E-state index >= 15 is 0 Å². The Morgan fingerprint density at radius 1 is 1.30 bits per heavy atom. The van der Waals surface area contributed by atoms with E-state index in [0.29, 0.717) is 24.8 Å². The van der Waals surface area contributed by atoms with Gasteiger partial charge in [-0.05, 0) is 45.6 Å². The monoisotopic (exact) mass is 339 g/mol. The number of nitrogens with zero attached hydrogens (tertiary/aromatic N) is 1. The Balaban J connectivity index is 1.57. The number of amides is 1. The van der Waals surface area contributed by atoms with Crippen molar-refractivity contribution in [2.45, 2.75) is 51.2 Å². The van der Waals surface area contributed by atoms with Gasteiger partial charge < -0.3 is 19.5 Å². The minimum Gasteiger partial charge on any atom is -0.485 e. The first-order valence-corrected chi connectivity index (χ1v) is 8.56. The Hall–Kier alpha value is -1.76. The summed E-state index contributed by atoms with van der Waals surface area (Å²) in [7, 11) is 0. The van der Waals surface area contributed by atoms with Gasteiger partial charge in [0.2, 0.25) is 0 Å². The van der Waals surface area contributed by atoms with Crippen LogP contribution >= 0.6 is 11.3 Å². The van der Waals surface area contributed by atoms with E-state index in [1.807, 2.05) is 26.8 Å². The Labute approximate surface area is 139 Å². The molecule has 1 aliphatic carbocycles. The Morgan fingerprint density at radius 3 is 2.48 bits per heavy atom. The molecule has 1 saturated carbocycles. The summed E-state index contributed by atoms with van der Waals surface area (Å²) in [6, 6.07) is 1.85. The predicted molar refractivity (Wildman–Crippen MR) is 85.5 cm³/mol. The molecule has 23 heavy (non-hydrogen) atoms. The highest BCUT2D eigenvalue weighted by molar-refractivity contribution is 7.14. The molecule has 6 nitrogen and oxygen atoms in total. The second-order valence-corrected chi connectivity index (χ2v) is 8.13. The first kappa shape index (κ1) is 16.1. The number of hydrogen-bond acceptors (Lipinski definition) is 5. The lowest BCUT2D eigenvalue weighted by Crippen LogP contribution is -2.57. The largest absolute Gasteiger partial charge is 0.485 e. The van der Waals surface area contributed by atoms with Crippen LogP contribution in [0.3, 0.4) is 0 Å². The van der Waals surface area contributed by atoms with Crippen LogP contribution in [0.5, 0.6) is 5.75 Å². The molecule has 0 unspecified atom stereocenters. The van der Waals surface area contributed by atoms with Crippen molar-refractivity contribution in [2.24, 2.45) is 0 Å². The van der Waals surface area contributed by atoms with Crippen molar-refractivity contribution in [3.05, 3.63) is 15.8 Å². The number of likely N-dealkylation sites (tertiary alicyclic amines) is 1. The Morgan fingerprint density at radius 2 is 1.96 bits per heavy atom. The summed E-state index contributed by atoms with van der Waals surface area (Å²) >= 11 is 1.30. The van der Waals surface area contributed by atoms with E-state index in [9.17, 15) is 14.7 Å². The van der Waals surface area contributed by atoms with Gasteiger partial charge in [0.05, 0.1) is 13.1 Å². The molecule has 126 valence electrons. The molecule has 2 aliphatic rings. The molecule has 0 aromatic carbocycles. The molecule has 1 amide bonds. The molecule has 7 heteroatoms. The number of carboxylic acid groups (broad SMARTS) is 1. The fraction of sp³-hybridized carbons (Fsp3) is 0.625. The number of carbonyl (C=O) groups is 2. The second-order valence-electron chi connectivity index (χ2n) is 7.05. The maximum Gasteiger partial charge on any atom is 0.410 e. The molecule has 1 N–H and O–H groups in total. The molecule has 1 saturated heterocycles. The van der Waals surface area contributed by atoms with Crippen LogP contribution in [0.1, 0.15) is 54.1 Å². The number of carboxylic acids is 1. The summed E-state index contributed by atoms with van der Waals surface area (Å²) in [5.41, 5.74) is -0.522. The molecule has 0 radical (unpaired) electrons. The van der Waals surface area contributed by atoms with Crippen molar-refractivity contribution in [2.75, 3.05) is 13.1 Å². The predicted octanol–water partition coefficient (Wildman–Crippen LogP) is 3.32. The summed E-state index contributed by atoms with van der Waals surface area (Å²) in [6.07, 6.45) is 1.70. The fourth-order valence-electron chi connectivity index (χ4n) is 2.37. The topological polar surface area (TPSA) is 76.1 Å². The average Bonchev–Trinajstić information content (AvgIpc) is 3.11. The normalized spacial score (nSPS) is 18.5. The van der Waals surface area contributed by atoms with Crippen molar-refractivity contribution in [1.29, 1.82) is 0 Å². The molecule has 3 rings (SSSR count). The highest BCUT2D eigenvalue weighted by atomic mass is 32.1. The highest BCUT2D eigenvalue weighted by Gasteiger charge is 2.37. The number of aromatic carboxylic acids is 1. The fourth-order valence-corrected chi connectivity index (χ4v) is 3.46. The minimum atomic E-state index is -0.958. The van der Waals surface area contributed by atoms with Crippen molar-refractivity contribution in [1.82, 2.24) is 4.90 Å². The average molecular weight is 339 g/mol. The van der Waals surface area contributed by atoms with Gasteiger partial charge in [0, 0.05) is 4.88 Å². The van der Waals surface area contributed by atoms with E-state index in [0.717, 1.165) is 17.7 Å². The lowest BCUT2D eigenvalue weighted by molar-refractivity contribution is -0.0223. The maximum atomic E-state index is 11.9. The second kappa shape index (κ2) is 5.70. The minimum absolute atomic E-state index is 0.178. The lowest BCUT2D eigenvalue weighted by Gasteiger charge is -2.39. The van der Waals surface area contributed by atoms with Gasteiger partial charge in [-0.15, -0.1) is 11.3 Å². The first-order valence-electron chi connectivity index (χ1n) is 7.74. The zero-order valence-corrected chi connectivity index (χ0v) is 14.3. The van der Waals surface area contributed by atoms with Crippen molar-refractivity contribution in [3.63, 3.8) is 0 Å². The van der Waals surface area contributed by atoms with Gasteiger partial charge in [-0.2, -0.15) is 0 Å². The molecule has 2 heterocycles. The van der Waals surface area contributed by atoms with Crippen LogP contribution in [0.25, 0.3) is 0 Å².